The lowest BCUT2D eigenvalue weighted by molar-refractivity contribution is 0.251. The number of urea groups is 1. The smallest absolute Gasteiger partial charge is 0.319 e. The molecule has 0 saturated heterocycles. The maximum atomic E-state index is 13.6. The minimum atomic E-state index is -0.567. The number of phenols is 1. The Balaban J connectivity index is 1.95. The van der Waals surface area contributed by atoms with Gasteiger partial charge in [0.25, 0.3) is 0 Å². The third-order valence-electron chi connectivity index (χ3n) is 3.07. The molecule has 2 aromatic rings. The van der Waals surface area contributed by atoms with Gasteiger partial charge in [0, 0.05) is 24.0 Å². The third kappa shape index (κ3) is 4.93. The fourth-order valence-corrected chi connectivity index (χ4v) is 2.03. The summed E-state index contributed by atoms with van der Waals surface area (Å²) < 4.78 is 13.6. The van der Waals surface area contributed by atoms with Crippen molar-refractivity contribution in [1.82, 2.24) is 15.2 Å². The van der Waals surface area contributed by atoms with E-state index in [9.17, 15) is 14.3 Å². The van der Waals surface area contributed by atoms with E-state index in [1.165, 1.54) is 18.2 Å². The maximum Gasteiger partial charge on any atom is 0.319 e. The molecule has 2 rings (SSSR count). The van der Waals surface area contributed by atoms with Gasteiger partial charge in [-0.1, -0.05) is 6.07 Å². The Kier molecular flexibility index (Phi) is 5.48. The SMILES string of the molecule is CN(C)Cc1cc(NC(=O)NCc2c(O)cccc2F)ccn1. The molecule has 0 atom stereocenters. The van der Waals surface area contributed by atoms with E-state index < -0.39 is 11.8 Å². The van der Waals surface area contributed by atoms with Crippen molar-refractivity contribution in [3.8, 4) is 5.75 Å². The van der Waals surface area contributed by atoms with Crippen molar-refractivity contribution >= 4 is 11.7 Å². The van der Waals surface area contributed by atoms with E-state index in [0.717, 1.165) is 5.69 Å². The number of phenolic OH excluding ortho intramolecular Hbond substituents is 1. The van der Waals surface area contributed by atoms with Crippen LogP contribution in [0, 0.1) is 5.82 Å². The number of aromatic nitrogens is 1. The highest BCUT2D eigenvalue weighted by molar-refractivity contribution is 5.89. The van der Waals surface area contributed by atoms with Gasteiger partial charge in [0.05, 0.1) is 12.2 Å². The van der Waals surface area contributed by atoms with Gasteiger partial charge in [-0.05, 0) is 38.4 Å². The summed E-state index contributed by atoms with van der Waals surface area (Å²) in [4.78, 5) is 18.1. The summed E-state index contributed by atoms with van der Waals surface area (Å²) in [5.74, 6) is -0.759. The summed E-state index contributed by atoms with van der Waals surface area (Å²) in [6, 6.07) is 6.94. The highest BCUT2D eigenvalue weighted by Gasteiger charge is 2.09. The number of benzene rings is 1. The highest BCUT2D eigenvalue weighted by Crippen LogP contribution is 2.19. The van der Waals surface area contributed by atoms with E-state index in [1.807, 2.05) is 19.0 Å². The van der Waals surface area contributed by atoms with Crippen molar-refractivity contribution < 1.29 is 14.3 Å². The zero-order chi connectivity index (χ0) is 16.8. The first-order valence-electron chi connectivity index (χ1n) is 7.06. The molecule has 1 heterocycles. The first kappa shape index (κ1) is 16.7. The van der Waals surface area contributed by atoms with Gasteiger partial charge < -0.3 is 20.6 Å². The van der Waals surface area contributed by atoms with E-state index in [4.69, 9.17) is 0 Å². The Morgan fingerprint density at radius 3 is 2.83 bits per heavy atom. The lowest BCUT2D eigenvalue weighted by Crippen LogP contribution is -2.28. The number of rotatable bonds is 5. The van der Waals surface area contributed by atoms with Crippen LogP contribution in [0.4, 0.5) is 14.9 Å². The van der Waals surface area contributed by atoms with E-state index in [1.54, 1.807) is 18.3 Å². The standard InChI is InChI=1S/C16H19FN4O2/c1-21(2)10-12-8-11(6-7-18-12)20-16(23)19-9-13-14(17)4-3-5-15(13)22/h3-8,22H,9-10H2,1-2H3,(H2,18,19,20,23). The van der Waals surface area contributed by atoms with Crippen LogP contribution < -0.4 is 10.6 Å². The van der Waals surface area contributed by atoms with Crippen molar-refractivity contribution in [2.45, 2.75) is 13.1 Å². The average Bonchev–Trinajstić information content (AvgIpc) is 2.46. The molecule has 0 aliphatic carbocycles. The molecule has 0 saturated carbocycles. The summed E-state index contributed by atoms with van der Waals surface area (Å²) >= 11 is 0. The number of hydrogen-bond donors (Lipinski definition) is 3. The lowest BCUT2D eigenvalue weighted by atomic mass is 10.2. The Labute approximate surface area is 134 Å². The largest absolute Gasteiger partial charge is 0.507 e. The molecule has 1 aromatic heterocycles. The number of hydrogen-bond acceptors (Lipinski definition) is 4. The van der Waals surface area contributed by atoms with Crippen LogP contribution in [0.3, 0.4) is 0 Å². The van der Waals surface area contributed by atoms with Crippen molar-refractivity contribution in [1.29, 1.82) is 0 Å². The Morgan fingerprint density at radius 1 is 1.35 bits per heavy atom. The van der Waals surface area contributed by atoms with E-state index >= 15 is 0 Å². The van der Waals surface area contributed by atoms with Gasteiger partial charge in [-0.3, -0.25) is 4.98 Å². The fraction of sp³-hybridized carbons (Fsp3) is 0.250. The van der Waals surface area contributed by atoms with Crippen molar-refractivity contribution in [3.05, 3.63) is 53.6 Å². The Morgan fingerprint density at radius 2 is 2.13 bits per heavy atom. The quantitative estimate of drug-likeness (QED) is 0.790. The van der Waals surface area contributed by atoms with Gasteiger partial charge in [-0.15, -0.1) is 0 Å². The predicted octanol–water partition coefficient (Wildman–Crippen LogP) is 2.31. The fourth-order valence-electron chi connectivity index (χ4n) is 2.03. The number of carbonyl (C=O) groups is 1. The molecule has 6 nitrogen and oxygen atoms in total. The summed E-state index contributed by atoms with van der Waals surface area (Å²) in [5.41, 5.74) is 1.46. The normalized spacial score (nSPS) is 10.6. The van der Waals surface area contributed by atoms with E-state index in [-0.39, 0.29) is 17.9 Å². The maximum absolute atomic E-state index is 13.6. The summed E-state index contributed by atoms with van der Waals surface area (Å²) in [7, 11) is 3.85. The number of halogens is 1. The van der Waals surface area contributed by atoms with Crippen LogP contribution in [0.25, 0.3) is 0 Å². The molecular formula is C16H19FN4O2. The second kappa shape index (κ2) is 7.55. The number of nitrogens with one attached hydrogen (secondary N) is 2. The second-order valence-corrected chi connectivity index (χ2v) is 5.32. The molecule has 0 bridgehead atoms. The van der Waals surface area contributed by atoms with E-state index in [0.29, 0.717) is 12.2 Å². The van der Waals surface area contributed by atoms with E-state index in [2.05, 4.69) is 15.6 Å². The van der Waals surface area contributed by atoms with Crippen molar-refractivity contribution in [2.24, 2.45) is 0 Å². The average molecular weight is 318 g/mol. The number of amides is 2. The number of pyridine rings is 1. The number of carbonyl (C=O) groups excluding carboxylic acids is 1. The third-order valence-corrected chi connectivity index (χ3v) is 3.07. The summed E-state index contributed by atoms with van der Waals surface area (Å²) in [6.45, 7) is 0.542. The van der Waals surface area contributed by atoms with Gasteiger partial charge in [0.15, 0.2) is 0 Å². The first-order chi connectivity index (χ1) is 11.0. The molecule has 7 heteroatoms. The Hall–Kier alpha value is -2.67. The number of aromatic hydroxyl groups is 1. The van der Waals surface area contributed by atoms with Crippen molar-refractivity contribution in [3.63, 3.8) is 0 Å². The molecule has 3 N–H and O–H groups in total. The van der Waals surface area contributed by atoms with Gasteiger partial charge in [-0.25, -0.2) is 9.18 Å². The topological polar surface area (TPSA) is 77.5 Å². The van der Waals surface area contributed by atoms with Crippen molar-refractivity contribution in [2.75, 3.05) is 19.4 Å². The second-order valence-electron chi connectivity index (χ2n) is 5.32. The molecule has 0 aliphatic heterocycles. The molecule has 2 amide bonds. The van der Waals surface area contributed by atoms with Crippen LogP contribution in [0.5, 0.6) is 5.75 Å². The van der Waals surface area contributed by atoms with Crippen LogP contribution in [-0.2, 0) is 13.1 Å². The first-order valence-corrected chi connectivity index (χ1v) is 7.06. The summed E-state index contributed by atoms with van der Waals surface area (Å²) in [6.07, 6.45) is 1.61. The van der Waals surface area contributed by atoms with Crippen LogP contribution in [0.1, 0.15) is 11.3 Å². The Bertz CT molecular complexity index is 671. The molecular weight excluding hydrogens is 299 g/mol. The van der Waals surface area contributed by atoms with Crippen LogP contribution in [0.15, 0.2) is 36.5 Å². The molecule has 0 spiro atoms. The monoisotopic (exact) mass is 318 g/mol. The molecule has 1 aromatic carbocycles. The van der Waals surface area contributed by atoms with Gasteiger partial charge >= 0.3 is 6.03 Å². The molecule has 23 heavy (non-hydrogen) atoms. The highest BCUT2D eigenvalue weighted by atomic mass is 19.1. The van der Waals surface area contributed by atoms with Crippen LogP contribution in [0.2, 0.25) is 0 Å². The summed E-state index contributed by atoms with van der Waals surface area (Å²) in [5, 5.41) is 14.8. The molecule has 0 unspecified atom stereocenters. The molecule has 122 valence electrons. The predicted molar refractivity (Wildman–Crippen MR) is 85.6 cm³/mol. The van der Waals surface area contributed by atoms with Crippen LogP contribution in [-0.4, -0.2) is 35.1 Å². The van der Waals surface area contributed by atoms with Gasteiger partial charge in [0.1, 0.15) is 11.6 Å². The molecule has 0 aliphatic rings. The lowest BCUT2D eigenvalue weighted by Gasteiger charge is -2.12. The van der Waals surface area contributed by atoms with Gasteiger partial charge in [-0.2, -0.15) is 0 Å². The number of nitrogens with zero attached hydrogens (tertiary/aromatic N) is 2. The minimum absolute atomic E-state index is 0.0469. The zero-order valence-corrected chi connectivity index (χ0v) is 13.0. The minimum Gasteiger partial charge on any atom is -0.507 e. The zero-order valence-electron chi connectivity index (χ0n) is 13.0. The molecule has 0 fully saturated rings. The van der Waals surface area contributed by atoms with Crippen LogP contribution >= 0.6 is 0 Å². The number of anilines is 1. The molecule has 0 radical (unpaired) electrons. The van der Waals surface area contributed by atoms with Gasteiger partial charge in [0.2, 0.25) is 0 Å².